The van der Waals surface area contributed by atoms with Crippen molar-refractivity contribution in [3.05, 3.63) is 39.7 Å². The van der Waals surface area contributed by atoms with Gasteiger partial charge in [0, 0.05) is 11.6 Å². The molecule has 84 valence electrons. The van der Waals surface area contributed by atoms with Gasteiger partial charge in [-0.2, -0.15) is 4.39 Å². The van der Waals surface area contributed by atoms with Crippen LogP contribution in [0.15, 0.2) is 23.2 Å². The van der Waals surface area contributed by atoms with Gasteiger partial charge in [0.25, 0.3) is 0 Å². The smallest absolute Gasteiger partial charge is 0.305 e. The van der Waals surface area contributed by atoms with Gasteiger partial charge in [0.1, 0.15) is 6.10 Å². The molecular formula is C10H9FN2O3. The van der Waals surface area contributed by atoms with E-state index in [9.17, 15) is 14.5 Å². The van der Waals surface area contributed by atoms with E-state index in [1.165, 1.54) is 6.07 Å². The third kappa shape index (κ3) is 1.86. The third-order valence-electron chi connectivity index (χ3n) is 2.19. The van der Waals surface area contributed by atoms with Crippen LogP contribution < -0.4 is 0 Å². The summed E-state index contributed by atoms with van der Waals surface area (Å²) in [5.41, 5.74) is -0.138. The van der Waals surface area contributed by atoms with Gasteiger partial charge < -0.3 is 4.74 Å². The molecular weight excluding hydrogens is 215 g/mol. The topological polar surface area (TPSA) is 64.7 Å². The fourth-order valence-electron chi connectivity index (χ4n) is 1.42. The molecule has 0 aliphatic carbocycles. The highest BCUT2D eigenvalue weighted by molar-refractivity contribution is 5.95. The van der Waals surface area contributed by atoms with E-state index in [4.69, 9.17) is 4.74 Å². The molecule has 0 bridgehead atoms. The van der Waals surface area contributed by atoms with Gasteiger partial charge in [-0.3, -0.25) is 10.1 Å². The number of aliphatic imine (C=N–C) groups is 1. The number of rotatable bonds is 2. The molecule has 1 unspecified atom stereocenters. The van der Waals surface area contributed by atoms with Crippen LogP contribution in [0.25, 0.3) is 0 Å². The molecule has 0 fully saturated rings. The highest BCUT2D eigenvalue weighted by atomic mass is 19.1. The Labute approximate surface area is 90.7 Å². The molecule has 1 heterocycles. The van der Waals surface area contributed by atoms with Crippen molar-refractivity contribution in [2.24, 2.45) is 4.99 Å². The number of hydrogen-bond donors (Lipinski definition) is 0. The fraction of sp³-hybridized carbons (Fsp3) is 0.300. The van der Waals surface area contributed by atoms with Crippen molar-refractivity contribution in [1.82, 2.24) is 0 Å². The zero-order chi connectivity index (χ0) is 11.7. The molecule has 0 N–H and O–H groups in total. The second-order valence-electron chi connectivity index (χ2n) is 3.50. The van der Waals surface area contributed by atoms with Crippen LogP contribution >= 0.6 is 0 Å². The maximum absolute atomic E-state index is 13.1. The predicted octanol–water partition coefficient (Wildman–Crippen LogP) is 1.90. The van der Waals surface area contributed by atoms with E-state index in [1.807, 2.05) is 6.92 Å². The normalized spacial score (nSPS) is 19.1. The highest BCUT2D eigenvalue weighted by Crippen LogP contribution is 2.21. The van der Waals surface area contributed by atoms with E-state index in [0.29, 0.717) is 18.0 Å². The first kappa shape index (κ1) is 10.5. The van der Waals surface area contributed by atoms with Gasteiger partial charge in [0.05, 0.1) is 11.5 Å². The molecule has 1 aliphatic heterocycles. The van der Waals surface area contributed by atoms with Crippen LogP contribution in [-0.2, 0) is 4.74 Å². The van der Waals surface area contributed by atoms with Crippen LogP contribution in [-0.4, -0.2) is 23.5 Å². The minimum atomic E-state index is -0.861. The van der Waals surface area contributed by atoms with Gasteiger partial charge in [-0.25, -0.2) is 4.99 Å². The van der Waals surface area contributed by atoms with E-state index < -0.39 is 16.4 Å². The quantitative estimate of drug-likeness (QED) is 0.569. The number of ether oxygens (including phenoxy) is 1. The second kappa shape index (κ2) is 3.88. The average Bonchev–Trinajstić information content (AvgIpc) is 2.65. The van der Waals surface area contributed by atoms with Gasteiger partial charge in [-0.05, 0) is 19.1 Å². The number of nitrogens with zero attached hydrogens (tertiary/aromatic N) is 2. The lowest BCUT2D eigenvalue weighted by Crippen LogP contribution is -2.09. The van der Waals surface area contributed by atoms with Crippen LogP contribution in [0.4, 0.5) is 10.1 Å². The number of halogens is 1. The zero-order valence-corrected chi connectivity index (χ0v) is 8.51. The van der Waals surface area contributed by atoms with Crippen molar-refractivity contribution in [2.45, 2.75) is 13.0 Å². The first-order valence-corrected chi connectivity index (χ1v) is 4.73. The highest BCUT2D eigenvalue weighted by Gasteiger charge is 2.21. The largest absolute Gasteiger partial charge is 0.472 e. The van der Waals surface area contributed by atoms with Crippen LogP contribution in [0.1, 0.15) is 12.5 Å². The Kier molecular flexibility index (Phi) is 2.55. The molecule has 1 aromatic carbocycles. The summed E-state index contributed by atoms with van der Waals surface area (Å²) in [6.07, 6.45) is -0.0425. The maximum Gasteiger partial charge on any atom is 0.305 e. The van der Waals surface area contributed by atoms with Crippen molar-refractivity contribution < 1.29 is 14.1 Å². The molecule has 0 amide bonds. The molecule has 0 saturated carbocycles. The molecule has 1 aromatic rings. The Bertz CT molecular complexity index is 473. The zero-order valence-electron chi connectivity index (χ0n) is 8.51. The maximum atomic E-state index is 13.1. The van der Waals surface area contributed by atoms with Crippen LogP contribution in [0.2, 0.25) is 0 Å². The minimum Gasteiger partial charge on any atom is -0.472 e. The van der Waals surface area contributed by atoms with Crippen LogP contribution in [0, 0.1) is 15.9 Å². The van der Waals surface area contributed by atoms with E-state index in [1.54, 1.807) is 0 Å². The average molecular weight is 224 g/mol. The Morgan fingerprint density at radius 3 is 2.94 bits per heavy atom. The Balaban J connectivity index is 2.37. The molecule has 0 aromatic heterocycles. The third-order valence-corrected chi connectivity index (χ3v) is 2.19. The van der Waals surface area contributed by atoms with Gasteiger partial charge in [-0.1, -0.05) is 0 Å². The molecule has 1 aliphatic rings. The van der Waals surface area contributed by atoms with Crippen LogP contribution in [0.5, 0.6) is 0 Å². The lowest BCUT2D eigenvalue weighted by atomic mass is 10.2. The molecule has 0 spiro atoms. The van der Waals surface area contributed by atoms with E-state index >= 15 is 0 Å². The van der Waals surface area contributed by atoms with Crippen molar-refractivity contribution in [1.29, 1.82) is 0 Å². The summed E-state index contributed by atoms with van der Waals surface area (Å²) < 4.78 is 18.4. The van der Waals surface area contributed by atoms with Crippen molar-refractivity contribution in [3.63, 3.8) is 0 Å². The van der Waals surface area contributed by atoms with Gasteiger partial charge in [-0.15, -0.1) is 0 Å². The molecule has 16 heavy (non-hydrogen) atoms. The van der Waals surface area contributed by atoms with Crippen molar-refractivity contribution in [2.75, 3.05) is 6.54 Å². The molecule has 1 atom stereocenters. The molecule has 2 rings (SSSR count). The fourth-order valence-corrected chi connectivity index (χ4v) is 1.42. The van der Waals surface area contributed by atoms with Gasteiger partial charge >= 0.3 is 5.69 Å². The second-order valence-corrected chi connectivity index (χ2v) is 3.50. The molecule has 6 heteroatoms. The first-order chi connectivity index (χ1) is 7.58. The summed E-state index contributed by atoms with van der Waals surface area (Å²) in [6, 6.07) is 3.59. The minimum absolute atomic E-state index is 0.0425. The predicted molar refractivity (Wildman–Crippen MR) is 55.0 cm³/mol. The number of hydrogen-bond acceptors (Lipinski definition) is 4. The Morgan fingerprint density at radius 2 is 2.38 bits per heavy atom. The van der Waals surface area contributed by atoms with Crippen molar-refractivity contribution in [3.8, 4) is 0 Å². The summed E-state index contributed by atoms with van der Waals surface area (Å²) in [5, 5.41) is 10.5. The number of nitro benzene ring substituents is 1. The Morgan fingerprint density at radius 1 is 1.62 bits per heavy atom. The van der Waals surface area contributed by atoms with Crippen molar-refractivity contribution >= 4 is 11.6 Å². The SMILES string of the molecule is CC1CN=C(c2ccc(F)c([N+](=O)[O-])c2)O1. The van der Waals surface area contributed by atoms with Gasteiger partial charge in [0.15, 0.2) is 0 Å². The van der Waals surface area contributed by atoms with Crippen LogP contribution in [0.3, 0.4) is 0 Å². The summed E-state index contributed by atoms with van der Waals surface area (Å²) in [6.45, 7) is 2.36. The summed E-state index contributed by atoms with van der Waals surface area (Å²) >= 11 is 0. The van der Waals surface area contributed by atoms with E-state index in [0.717, 1.165) is 12.1 Å². The number of nitro groups is 1. The molecule has 5 nitrogen and oxygen atoms in total. The first-order valence-electron chi connectivity index (χ1n) is 4.73. The molecule has 0 radical (unpaired) electrons. The van der Waals surface area contributed by atoms with E-state index in [-0.39, 0.29) is 6.10 Å². The Hall–Kier alpha value is -1.98. The lowest BCUT2D eigenvalue weighted by molar-refractivity contribution is -0.387. The lowest BCUT2D eigenvalue weighted by Gasteiger charge is -2.05. The standard InChI is InChI=1S/C10H9FN2O3/c1-6-5-12-10(16-6)7-2-3-8(11)9(4-7)13(14)15/h2-4,6H,5H2,1H3. The summed E-state index contributed by atoms with van der Waals surface area (Å²) in [7, 11) is 0. The molecule has 0 saturated heterocycles. The summed E-state index contributed by atoms with van der Waals surface area (Å²) in [5.74, 6) is -0.531. The monoisotopic (exact) mass is 224 g/mol. The van der Waals surface area contributed by atoms with Gasteiger partial charge in [0.2, 0.25) is 11.7 Å². The summed E-state index contributed by atoms with van der Waals surface area (Å²) in [4.78, 5) is 13.8. The number of benzene rings is 1. The van der Waals surface area contributed by atoms with E-state index in [2.05, 4.69) is 4.99 Å².